The summed E-state index contributed by atoms with van der Waals surface area (Å²) in [6.07, 6.45) is 0. The predicted molar refractivity (Wildman–Crippen MR) is 118 cm³/mol. The van der Waals surface area contributed by atoms with Crippen molar-refractivity contribution in [1.82, 2.24) is 9.21 Å². The largest absolute Gasteiger partial charge is 0.377 e. The molecular weight excluding hydrogens is 420 g/mol. The minimum absolute atomic E-state index is 0.0606. The zero-order valence-electron chi connectivity index (χ0n) is 17.8. The first-order valence-electron chi connectivity index (χ1n) is 10.2. The molecule has 0 amide bonds. The van der Waals surface area contributed by atoms with Crippen LogP contribution < -0.4 is 5.32 Å². The molecule has 9 nitrogen and oxygen atoms in total. The van der Waals surface area contributed by atoms with E-state index in [4.69, 9.17) is 4.74 Å². The average molecular weight is 449 g/mol. The van der Waals surface area contributed by atoms with Gasteiger partial charge in [-0.05, 0) is 37.2 Å². The van der Waals surface area contributed by atoms with Crippen LogP contribution in [0, 0.1) is 10.1 Å². The first-order chi connectivity index (χ1) is 14.8. The lowest BCUT2D eigenvalue weighted by atomic mass is 10.1. The number of ether oxygens (including phenoxy) is 1. The lowest BCUT2D eigenvalue weighted by molar-refractivity contribution is -0.384. The van der Waals surface area contributed by atoms with Crippen LogP contribution in [0.15, 0.2) is 47.4 Å². The second-order valence-corrected chi connectivity index (χ2v) is 9.39. The van der Waals surface area contributed by atoms with E-state index in [0.717, 1.165) is 17.2 Å². The lowest BCUT2D eigenvalue weighted by Gasteiger charge is -2.31. The molecule has 0 bridgehead atoms. The number of nitro benzene ring substituents is 1. The molecule has 0 radical (unpaired) electrons. The van der Waals surface area contributed by atoms with Crippen molar-refractivity contribution in [3.05, 3.63) is 63.7 Å². The predicted octanol–water partition coefficient (Wildman–Crippen LogP) is 2.68. The van der Waals surface area contributed by atoms with E-state index < -0.39 is 14.9 Å². The highest BCUT2D eigenvalue weighted by Gasteiger charge is 2.29. The topological polar surface area (TPSA) is 105 Å². The van der Waals surface area contributed by atoms with Crippen LogP contribution in [0.5, 0.6) is 0 Å². The molecule has 168 valence electrons. The van der Waals surface area contributed by atoms with Crippen molar-refractivity contribution in [1.29, 1.82) is 0 Å². The number of likely N-dealkylation sites (N-methyl/N-ethyl adjacent to an activating group) is 1. The molecule has 3 rings (SSSR count). The van der Waals surface area contributed by atoms with Gasteiger partial charge in [0.1, 0.15) is 5.69 Å². The van der Waals surface area contributed by atoms with Gasteiger partial charge in [0.05, 0.1) is 16.4 Å². The molecule has 10 heteroatoms. The number of hydrogen-bond acceptors (Lipinski definition) is 7. The Kier molecular flexibility index (Phi) is 7.60. The molecule has 0 saturated carbocycles. The Morgan fingerprint density at radius 2 is 1.71 bits per heavy atom. The second kappa shape index (κ2) is 10.2. The summed E-state index contributed by atoms with van der Waals surface area (Å²) < 4.78 is 32.6. The number of rotatable bonds is 9. The number of piperazine rings is 1. The first kappa shape index (κ1) is 23.1. The van der Waals surface area contributed by atoms with Crippen LogP contribution in [-0.2, 0) is 27.9 Å². The third-order valence-corrected chi connectivity index (χ3v) is 7.14. The van der Waals surface area contributed by atoms with E-state index in [9.17, 15) is 18.5 Å². The summed E-state index contributed by atoms with van der Waals surface area (Å²) in [4.78, 5) is 13.0. The van der Waals surface area contributed by atoms with Gasteiger partial charge in [0.2, 0.25) is 10.0 Å². The van der Waals surface area contributed by atoms with Gasteiger partial charge in [-0.3, -0.25) is 10.1 Å². The molecule has 2 aromatic carbocycles. The third-order valence-electron chi connectivity index (χ3n) is 5.24. The molecule has 0 unspecified atom stereocenters. The summed E-state index contributed by atoms with van der Waals surface area (Å²) in [6.45, 7) is 5.49. The number of anilines is 1. The molecule has 0 aromatic heterocycles. The highest BCUT2D eigenvalue weighted by molar-refractivity contribution is 7.89. The van der Waals surface area contributed by atoms with E-state index >= 15 is 0 Å². The van der Waals surface area contributed by atoms with Crippen molar-refractivity contribution < 1.29 is 18.1 Å². The molecule has 1 heterocycles. The van der Waals surface area contributed by atoms with E-state index in [1.54, 1.807) is 0 Å². The van der Waals surface area contributed by atoms with Crippen LogP contribution in [0.25, 0.3) is 0 Å². The van der Waals surface area contributed by atoms with Crippen LogP contribution in [0.4, 0.5) is 11.4 Å². The van der Waals surface area contributed by atoms with Crippen LogP contribution >= 0.6 is 0 Å². The van der Waals surface area contributed by atoms with Gasteiger partial charge in [0.15, 0.2) is 0 Å². The molecule has 1 fully saturated rings. The van der Waals surface area contributed by atoms with Gasteiger partial charge in [-0.25, -0.2) is 8.42 Å². The summed E-state index contributed by atoms with van der Waals surface area (Å²) in [5, 5.41) is 14.7. The minimum Gasteiger partial charge on any atom is -0.377 e. The highest BCUT2D eigenvalue weighted by atomic mass is 32.2. The van der Waals surface area contributed by atoms with Crippen molar-refractivity contribution in [2.24, 2.45) is 0 Å². The number of sulfonamides is 1. The zero-order chi connectivity index (χ0) is 22.4. The first-order valence-corrected chi connectivity index (χ1v) is 11.6. The molecule has 1 aliphatic heterocycles. The monoisotopic (exact) mass is 448 g/mol. The van der Waals surface area contributed by atoms with Gasteiger partial charge < -0.3 is 15.0 Å². The Labute approximate surface area is 182 Å². The number of benzene rings is 2. The molecule has 2 aromatic rings. The average Bonchev–Trinajstić information content (AvgIpc) is 2.77. The molecule has 0 aliphatic carbocycles. The summed E-state index contributed by atoms with van der Waals surface area (Å²) in [7, 11) is -1.84. The highest BCUT2D eigenvalue weighted by Crippen LogP contribution is 2.29. The Morgan fingerprint density at radius 1 is 1.06 bits per heavy atom. The van der Waals surface area contributed by atoms with Gasteiger partial charge >= 0.3 is 0 Å². The van der Waals surface area contributed by atoms with Gasteiger partial charge in [-0.1, -0.05) is 24.3 Å². The Morgan fingerprint density at radius 3 is 2.32 bits per heavy atom. The summed E-state index contributed by atoms with van der Waals surface area (Å²) in [6, 6.07) is 11.8. The Bertz CT molecular complexity index is 1000. The molecule has 31 heavy (non-hydrogen) atoms. The van der Waals surface area contributed by atoms with Crippen molar-refractivity contribution in [2.75, 3.05) is 45.2 Å². The summed E-state index contributed by atoms with van der Waals surface area (Å²) >= 11 is 0. The second-order valence-electron chi connectivity index (χ2n) is 7.45. The number of nitrogens with one attached hydrogen (secondary N) is 1. The molecule has 0 spiro atoms. The molecular formula is C21H28N4O5S. The molecule has 1 saturated heterocycles. The SMILES string of the molecule is CCOCc1ccc(CNc2ccc(S(=O)(=O)N3CCN(C)CC3)cc2[N+](=O)[O-])cc1. The van der Waals surface area contributed by atoms with Crippen molar-refractivity contribution >= 4 is 21.4 Å². The molecule has 1 N–H and O–H groups in total. The van der Waals surface area contributed by atoms with E-state index in [1.807, 2.05) is 43.1 Å². The maximum Gasteiger partial charge on any atom is 0.293 e. The van der Waals surface area contributed by atoms with Crippen molar-refractivity contribution in [2.45, 2.75) is 25.0 Å². The van der Waals surface area contributed by atoms with Crippen molar-refractivity contribution in [3.63, 3.8) is 0 Å². The quantitative estimate of drug-likeness (QED) is 0.464. The fourth-order valence-electron chi connectivity index (χ4n) is 3.32. The zero-order valence-corrected chi connectivity index (χ0v) is 18.6. The lowest BCUT2D eigenvalue weighted by Crippen LogP contribution is -2.47. The fraction of sp³-hybridized carbons (Fsp3) is 0.429. The Balaban J connectivity index is 1.74. The van der Waals surface area contributed by atoms with E-state index in [1.165, 1.54) is 16.4 Å². The standard InChI is InChI=1S/C21H28N4O5S/c1-3-30-16-18-6-4-17(5-7-18)15-22-20-9-8-19(14-21(20)25(26)27)31(28,29)24-12-10-23(2)11-13-24/h4-9,14,22H,3,10-13,15-16H2,1-2H3. The minimum atomic E-state index is -3.78. The molecule has 1 aliphatic rings. The van der Waals surface area contributed by atoms with E-state index in [2.05, 4.69) is 5.32 Å². The van der Waals surface area contributed by atoms with Crippen LogP contribution in [-0.4, -0.2) is 62.4 Å². The maximum absolute atomic E-state index is 12.9. The van der Waals surface area contributed by atoms with Gasteiger partial charge in [0.25, 0.3) is 5.69 Å². The smallest absolute Gasteiger partial charge is 0.293 e. The Hall–Kier alpha value is -2.53. The maximum atomic E-state index is 12.9. The van der Waals surface area contributed by atoms with Crippen LogP contribution in [0.3, 0.4) is 0 Å². The van der Waals surface area contributed by atoms with Crippen LogP contribution in [0.1, 0.15) is 18.1 Å². The van der Waals surface area contributed by atoms with Gasteiger partial charge in [-0.15, -0.1) is 0 Å². The van der Waals surface area contributed by atoms with E-state index in [-0.39, 0.29) is 16.3 Å². The summed E-state index contributed by atoms with van der Waals surface area (Å²) in [5.74, 6) is 0. The number of nitro groups is 1. The van der Waals surface area contributed by atoms with Gasteiger partial charge in [-0.2, -0.15) is 4.31 Å². The van der Waals surface area contributed by atoms with Crippen LogP contribution in [0.2, 0.25) is 0 Å². The fourth-order valence-corrected chi connectivity index (χ4v) is 4.76. The van der Waals surface area contributed by atoms with Gasteiger partial charge in [0, 0.05) is 45.4 Å². The normalized spacial score (nSPS) is 15.7. The third kappa shape index (κ3) is 5.79. The van der Waals surface area contributed by atoms with Crippen molar-refractivity contribution in [3.8, 4) is 0 Å². The number of nitrogens with zero attached hydrogens (tertiary/aromatic N) is 3. The number of hydrogen-bond donors (Lipinski definition) is 1. The van der Waals surface area contributed by atoms with E-state index in [0.29, 0.717) is 45.9 Å². The molecule has 0 atom stereocenters. The summed E-state index contributed by atoms with van der Waals surface area (Å²) in [5.41, 5.74) is 2.02.